The largest absolute Gasteiger partial charge is 0.492 e. The van der Waals surface area contributed by atoms with Crippen LogP contribution in [0, 0.1) is 0 Å². The zero-order valence-electron chi connectivity index (χ0n) is 21.1. The smallest absolute Gasteiger partial charge is 0.355 e. The Morgan fingerprint density at radius 1 is 0.944 bits per heavy atom. The van der Waals surface area contributed by atoms with Gasteiger partial charge in [-0.05, 0) is 50.3 Å². The predicted octanol–water partition coefficient (Wildman–Crippen LogP) is 6.18. The zero-order valence-corrected chi connectivity index (χ0v) is 21.9. The van der Waals surface area contributed by atoms with Gasteiger partial charge in [-0.2, -0.15) is 0 Å². The van der Waals surface area contributed by atoms with Gasteiger partial charge in [0.05, 0.1) is 12.5 Å². The number of likely N-dealkylation sites (N-methyl/N-ethyl adjacent to an activating group) is 1. The minimum atomic E-state index is -0.301. The fourth-order valence-corrected chi connectivity index (χ4v) is 4.74. The molecule has 1 heterocycles. The first-order valence-electron chi connectivity index (χ1n) is 12.3. The fourth-order valence-electron chi connectivity index (χ4n) is 4.66. The molecule has 0 bridgehead atoms. The highest BCUT2D eigenvalue weighted by Gasteiger charge is 2.30. The first-order chi connectivity index (χ1) is 17.5. The molecule has 1 aromatic heterocycles. The molecule has 0 radical (unpaired) electrons. The van der Waals surface area contributed by atoms with Gasteiger partial charge in [0, 0.05) is 35.5 Å². The van der Waals surface area contributed by atoms with Crippen LogP contribution in [0.25, 0.3) is 10.9 Å². The topological polar surface area (TPSA) is 43.7 Å². The molecule has 0 aliphatic rings. The Morgan fingerprint density at radius 2 is 1.61 bits per heavy atom. The van der Waals surface area contributed by atoms with E-state index in [1.54, 1.807) is 0 Å². The molecule has 0 aliphatic heterocycles. The van der Waals surface area contributed by atoms with Gasteiger partial charge in [0.15, 0.2) is 0 Å². The van der Waals surface area contributed by atoms with Gasteiger partial charge in [0.25, 0.3) is 0 Å². The van der Waals surface area contributed by atoms with Crippen molar-refractivity contribution in [2.24, 2.45) is 0 Å². The fraction of sp³-hybridized carbons (Fsp3) is 0.300. The molecule has 4 rings (SSSR count). The molecule has 0 fully saturated rings. The van der Waals surface area contributed by atoms with E-state index in [1.165, 1.54) is 0 Å². The minimum absolute atomic E-state index is 0.168. The summed E-state index contributed by atoms with van der Waals surface area (Å²) in [5.74, 6) is 0.734. The lowest BCUT2D eigenvalue weighted by Gasteiger charge is -2.21. The monoisotopic (exact) mass is 504 g/mol. The first-order valence-corrected chi connectivity index (χ1v) is 12.8. The van der Waals surface area contributed by atoms with Gasteiger partial charge in [-0.3, -0.25) is 0 Å². The molecule has 6 heteroatoms. The zero-order chi connectivity index (χ0) is 25.5. The van der Waals surface area contributed by atoms with Crippen molar-refractivity contribution in [1.29, 1.82) is 0 Å². The molecule has 1 unspecified atom stereocenters. The van der Waals surface area contributed by atoms with Gasteiger partial charge < -0.3 is 18.9 Å². The summed E-state index contributed by atoms with van der Waals surface area (Å²) in [4.78, 5) is 15.7. The van der Waals surface area contributed by atoms with E-state index >= 15 is 0 Å². The molecule has 0 saturated heterocycles. The van der Waals surface area contributed by atoms with Crippen molar-refractivity contribution in [2.75, 3.05) is 39.7 Å². The molecule has 3 aromatic carbocycles. The Labute approximate surface area is 218 Å². The molecule has 0 saturated carbocycles. The van der Waals surface area contributed by atoms with E-state index in [0.29, 0.717) is 31.3 Å². The second-order valence-corrected chi connectivity index (χ2v) is 9.28. The number of hydrogen-bond donors (Lipinski definition) is 0. The predicted molar refractivity (Wildman–Crippen MR) is 146 cm³/mol. The summed E-state index contributed by atoms with van der Waals surface area (Å²) in [6, 6.07) is 26.6. The number of carbonyl (C=O) groups is 1. The van der Waals surface area contributed by atoms with Crippen LogP contribution in [-0.4, -0.2) is 55.2 Å². The summed E-state index contributed by atoms with van der Waals surface area (Å²) in [7, 11) is 4.08. The van der Waals surface area contributed by atoms with E-state index in [1.807, 2.05) is 63.5 Å². The number of carbonyl (C=O) groups excluding carboxylic acids is 1. The number of ether oxygens (including phenoxy) is 2. The van der Waals surface area contributed by atoms with E-state index in [2.05, 4.69) is 45.9 Å². The van der Waals surface area contributed by atoms with Crippen molar-refractivity contribution in [3.63, 3.8) is 0 Å². The van der Waals surface area contributed by atoms with Gasteiger partial charge in [0.1, 0.15) is 18.1 Å². The van der Waals surface area contributed by atoms with Gasteiger partial charge >= 0.3 is 5.97 Å². The lowest BCUT2D eigenvalue weighted by Crippen LogP contribution is -2.22. The number of halogens is 1. The van der Waals surface area contributed by atoms with Gasteiger partial charge in [-0.1, -0.05) is 60.7 Å². The van der Waals surface area contributed by atoms with E-state index in [-0.39, 0.29) is 11.9 Å². The number of para-hydroxylation sites is 1. The Balaban J connectivity index is 1.97. The van der Waals surface area contributed by atoms with Crippen molar-refractivity contribution in [2.45, 2.75) is 19.4 Å². The molecule has 4 aromatic rings. The van der Waals surface area contributed by atoms with Crippen LogP contribution in [0.2, 0.25) is 0 Å². The summed E-state index contributed by atoms with van der Waals surface area (Å²) in [6.45, 7) is 4.09. The molecule has 5 nitrogen and oxygen atoms in total. The number of esters is 1. The lowest BCUT2D eigenvalue weighted by atomic mass is 9.83. The SMILES string of the molecule is CCOC(=O)c1c(C(c2ccccc2)c2ccc(OCCCl)cc2)c2ccccc2n1CCN(C)C. The van der Waals surface area contributed by atoms with Crippen LogP contribution in [0.4, 0.5) is 0 Å². The lowest BCUT2D eigenvalue weighted by molar-refractivity contribution is 0.0512. The standard InChI is InChI=1S/C30H33ClN2O3/c1-4-35-30(34)29-28(25-12-8-9-13-26(25)33(29)20-19-32(2)3)27(22-10-6-5-7-11-22)23-14-16-24(17-15-23)36-21-18-31/h5-17,27H,4,18-21H2,1-3H3. The highest BCUT2D eigenvalue weighted by Crippen LogP contribution is 2.41. The van der Waals surface area contributed by atoms with Crippen molar-refractivity contribution < 1.29 is 14.3 Å². The van der Waals surface area contributed by atoms with E-state index in [9.17, 15) is 4.79 Å². The Hall–Kier alpha value is -3.28. The minimum Gasteiger partial charge on any atom is -0.492 e. The first kappa shape index (κ1) is 25.8. The molecular weight excluding hydrogens is 472 g/mol. The van der Waals surface area contributed by atoms with E-state index in [4.69, 9.17) is 21.1 Å². The third kappa shape index (κ3) is 5.58. The molecule has 0 amide bonds. The number of benzene rings is 3. The summed E-state index contributed by atoms with van der Waals surface area (Å²) in [6.07, 6.45) is 0. The Kier molecular flexibility index (Phi) is 8.68. The van der Waals surface area contributed by atoms with Crippen LogP contribution >= 0.6 is 11.6 Å². The highest BCUT2D eigenvalue weighted by molar-refractivity contribution is 6.18. The number of alkyl halides is 1. The molecular formula is C30H33ClN2O3. The second kappa shape index (κ2) is 12.1. The summed E-state index contributed by atoms with van der Waals surface area (Å²) < 4.78 is 13.5. The number of nitrogens with zero attached hydrogens (tertiary/aromatic N) is 2. The van der Waals surface area contributed by atoms with Crippen molar-refractivity contribution in [3.05, 3.63) is 101 Å². The quantitative estimate of drug-likeness (QED) is 0.181. The maximum absolute atomic E-state index is 13.6. The van der Waals surface area contributed by atoms with Crippen molar-refractivity contribution in [1.82, 2.24) is 9.47 Å². The highest BCUT2D eigenvalue weighted by atomic mass is 35.5. The van der Waals surface area contributed by atoms with Crippen molar-refractivity contribution in [3.8, 4) is 5.75 Å². The van der Waals surface area contributed by atoms with Crippen LogP contribution in [0.5, 0.6) is 5.75 Å². The third-order valence-corrected chi connectivity index (χ3v) is 6.38. The number of fused-ring (bicyclic) bond motifs is 1. The molecule has 188 valence electrons. The molecule has 0 spiro atoms. The maximum Gasteiger partial charge on any atom is 0.355 e. The number of hydrogen-bond acceptors (Lipinski definition) is 4. The normalized spacial score (nSPS) is 12.1. The average Bonchev–Trinajstić information content (AvgIpc) is 3.22. The Morgan fingerprint density at radius 3 is 2.28 bits per heavy atom. The maximum atomic E-state index is 13.6. The number of aromatic nitrogens is 1. The van der Waals surface area contributed by atoms with Gasteiger partial charge in [-0.25, -0.2) is 4.79 Å². The summed E-state index contributed by atoms with van der Waals surface area (Å²) in [5, 5.41) is 1.05. The van der Waals surface area contributed by atoms with Crippen molar-refractivity contribution >= 4 is 28.5 Å². The van der Waals surface area contributed by atoms with Crippen LogP contribution in [0.15, 0.2) is 78.9 Å². The second-order valence-electron chi connectivity index (χ2n) is 8.90. The van der Waals surface area contributed by atoms with E-state index < -0.39 is 0 Å². The van der Waals surface area contributed by atoms with Crippen LogP contribution < -0.4 is 4.74 Å². The number of rotatable bonds is 11. The van der Waals surface area contributed by atoms with Crippen LogP contribution in [-0.2, 0) is 11.3 Å². The van der Waals surface area contributed by atoms with E-state index in [0.717, 1.165) is 39.9 Å². The Bertz CT molecular complexity index is 1280. The summed E-state index contributed by atoms with van der Waals surface area (Å²) >= 11 is 5.79. The average molecular weight is 505 g/mol. The summed E-state index contributed by atoms with van der Waals surface area (Å²) in [5.41, 5.74) is 4.77. The van der Waals surface area contributed by atoms with Gasteiger partial charge in [-0.15, -0.1) is 11.6 Å². The molecule has 36 heavy (non-hydrogen) atoms. The molecule has 1 atom stereocenters. The van der Waals surface area contributed by atoms with Gasteiger partial charge in [0.2, 0.25) is 0 Å². The van der Waals surface area contributed by atoms with Crippen LogP contribution in [0.1, 0.15) is 40.0 Å². The third-order valence-electron chi connectivity index (χ3n) is 6.23. The molecule has 0 aliphatic carbocycles. The molecule has 0 N–H and O–H groups in total. The van der Waals surface area contributed by atoms with Crippen LogP contribution in [0.3, 0.4) is 0 Å².